The van der Waals surface area contributed by atoms with E-state index in [0.717, 1.165) is 50.8 Å². The molecule has 2 aliphatic rings. The summed E-state index contributed by atoms with van der Waals surface area (Å²) >= 11 is 0. The molecule has 0 spiro atoms. The fourth-order valence-corrected chi connectivity index (χ4v) is 4.01. The molecule has 0 aromatic carbocycles. The van der Waals surface area contributed by atoms with Crippen molar-refractivity contribution in [1.29, 1.82) is 0 Å². The molecule has 152 valence electrons. The molecule has 2 aromatic heterocycles. The molecule has 2 aromatic rings. The van der Waals surface area contributed by atoms with Crippen molar-refractivity contribution in [3.63, 3.8) is 0 Å². The monoisotopic (exact) mass is 387 g/mol. The van der Waals surface area contributed by atoms with Crippen LogP contribution in [-0.2, 0) is 13.0 Å². The van der Waals surface area contributed by atoms with Crippen molar-refractivity contribution in [2.75, 3.05) is 13.1 Å². The molecule has 3 heterocycles. The molecule has 28 heavy (non-hydrogen) atoms. The summed E-state index contributed by atoms with van der Waals surface area (Å²) in [4.78, 5) is 25.8. The van der Waals surface area contributed by atoms with Gasteiger partial charge in [0.25, 0.3) is 11.5 Å². The second-order valence-electron chi connectivity index (χ2n) is 8.56. The molecule has 4 rings (SSSR count). The van der Waals surface area contributed by atoms with E-state index in [1.165, 1.54) is 4.52 Å². The quantitative estimate of drug-likeness (QED) is 0.694. The van der Waals surface area contributed by atoms with Gasteiger partial charge in [-0.15, -0.1) is 0 Å². The number of fused-ring (bicyclic) bond motifs is 1. The van der Waals surface area contributed by atoms with Crippen LogP contribution in [0.2, 0.25) is 0 Å². The molecule has 8 nitrogen and oxygen atoms in total. The summed E-state index contributed by atoms with van der Waals surface area (Å²) in [7, 11) is 0. The van der Waals surface area contributed by atoms with Crippen LogP contribution in [0, 0.1) is 11.8 Å². The first kappa shape index (κ1) is 19.0. The van der Waals surface area contributed by atoms with Gasteiger partial charge in [-0.1, -0.05) is 13.8 Å². The van der Waals surface area contributed by atoms with E-state index in [1.54, 1.807) is 10.8 Å². The summed E-state index contributed by atoms with van der Waals surface area (Å²) in [5, 5.41) is 21.2. The van der Waals surface area contributed by atoms with E-state index >= 15 is 0 Å². The van der Waals surface area contributed by atoms with Gasteiger partial charge in [0.2, 0.25) is 5.88 Å². The van der Waals surface area contributed by atoms with Crippen molar-refractivity contribution in [3.8, 4) is 5.88 Å². The molecule has 2 fully saturated rings. The summed E-state index contributed by atoms with van der Waals surface area (Å²) in [6.45, 7) is 6.53. The third-order valence-corrected chi connectivity index (χ3v) is 5.61. The van der Waals surface area contributed by atoms with Crippen molar-refractivity contribution >= 4 is 11.6 Å². The number of nitrogens with zero attached hydrogens (tertiary/aromatic N) is 3. The predicted molar refractivity (Wildman–Crippen MR) is 106 cm³/mol. The number of carbonyl (C=O) groups excluding carboxylic acids is 1. The fraction of sp³-hybridized carbons (Fsp3) is 0.650. The highest BCUT2D eigenvalue weighted by Gasteiger charge is 2.30. The van der Waals surface area contributed by atoms with Crippen LogP contribution in [0.5, 0.6) is 5.88 Å². The van der Waals surface area contributed by atoms with Crippen molar-refractivity contribution in [1.82, 2.24) is 24.8 Å². The first-order valence-corrected chi connectivity index (χ1v) is 10.3. The first-order chi connectivity index (χ1) is 13.5. The zero-order valence-electron chi connectivity index (χ0n) is 16.6. The van der Waals surface area contributed by atoms with Crippen LogP contribution in [0.15, 0.2) is 11.0 Å². The van der Waals surface area contributed by atoms with E-state index in [9.17, 15) is 14.7 Å². The minimum absolute atomic E-state index is 0.105. The van der Waals surface area contributed by atoms with E-state index in [1.807, 2.05) is 13.8 Å². The van der Waals surface area contributed by atoms with Crippen LogP contribution in [0.4, 0.5) is 0 Å². The zero-order chi connectivity index (χ0) is 19.8. The highest BCUT2D eigenvalue weighted by atomic mass is 16.3. The summed E-state index contributed by atoms with van der Waals surface area (Å²) in [5.41, 5.74) is 0.910. The molecule has 1 aliphatic carbocycles. The fourth-order valence-electron chi connectivity index (χ4n) is 4.01. The van der Waals surface area contributed by atoms with Crippen LogP contribution in [0.3, 0.4) is 0 Å². The average Bonchev–Trinajstić information content (AvgIpc) is 3.37. The lowest BCUT2D eigenvalue weighted by atomic mass is 9.92. The van der Waals surface area contributed by atoms with Gasteiger partial charge >= 0.3 is 0 Å². The van der Waals surface area contributed by atoms with Crippen molar-refractivity contribution in [3.05, 3.63) is 27.7 Å². The number of carbonyl (C=O) groups is 1. The van der Waals surface area contributed by atoms with Gasteiger partial charge < -0.3 is 15.7 Å². The lowest BCUT2D eigenvalue weighted by Crippen LogP contribution is -2.36. The zero-order valence-corrected chi connectivity index (χ0v) is 16.6. The molecule has 0 bridgehead atoms. The van der Waals surface area contributed by atoms with Crippen LogP contribution in [0.25, 0.3) is 5.65 Å². The lowest BCUT2D eigenvalue weighted by Gasteiger charge is -2.22. The van der Waals surface area contributed by atoms with Crippen molar-refractivity contribution < 1.29 is 9.90 Å². The molecule has 1 saturated carbocycles. The van der Waals surface area contributed by atoms with Gasteiger partial charge in [-0.05, 0) is 57.0 Å². The number of amides is 1. The van der Waals surface area contributed by atoms with Crippen LogP contribution in [0.1, 0.15) is 55.5 Å². The Balaban J connectivity index is 1.80. The Morgan fingerprint density at radius 1 is 1.32 bits per heavy atom. The number of rotatable bonds is 6. The van der Waals surface area contributed by atoms with E-state index in [4.69, 9.17) is 0 Å². The Hall–Kier alpha value is -2.35. The van der Waals surface area contributed by atoms with Crippen molar-refractivity contribution in [2.45, 2.75) is 58.5 Å². The Kier molecular flexibility index (Phi) is 5.14. The topological polar surface area (TPSA) is 101 Å². The molecule has 0 radical (unpaired) electrons. The molecule has 1 amide bonds. The Morgan fingerprint density at radius 3 is 2.68 bits per heavy atom. The molecular formula is C20H29N5O3. The SMILES string of the molecule is CC(C)Cn1c(=O)c(C(=O)NC2CC2)c(O)n2ncc(CC3CCNCC3)c12. The summed E-state index contributed by atoms with van der Waals surface area (Å²) in [6.07, 6.45) is 6.54. The Labute approximate surface area is 163 Å². The van der Waals surface area contributed by atoms with Crippen LogP contribution < -0.4 is 16.2 Å². The summed E-state index contributed by atoms with van der Waals surface area (Å²) in [6, 6.07) is 0.105. The highest BCUT2D eigenvalue weighted by molar-refractivity contribution is 5.96. The maximum absolute atomic E-state index is 13.2. The molecule has 3 N–H and O–H groups in total. The second kappa shape index (κ2) is 7.58. The van der Waals surface area contributed by atoms with Crippen LogP contribution >= 0.6 is 0 Å². The Morgan fingerprint density at radius 2 is 2.04 bits per heavy atom. The maximum Gasteiger partial charge on any atom is 0.270 e. The lowest BCUT2D eigenvalue weighted by molar-refractivity contribution is 0.0944. The number of aromatic nitrogens is 3. The second-order valence-corrected chi connectivity index (χ2v) is 8.56. The number of nitrogens with one attached hydrogen (secondary N) is 2. The predicted octanol–water partition coefficient (Wildman–Crippen LogP) is 1.29. The van der Waals surface area contributed by atoms with E-state index < -0.39 is 11.5 Å². The van der Waals surface area contributed by atoms with Crippen LogP contribution in [-0.4, -0.2) is 44.3 Å². The minimum atomic E-state index is -0.514. The van der Waals surface area contributed by atoms with Gasteiger partial charge in [-0.25, -0.2) is 0 Å². The molecule has 1 saturated heterocycles. The van der Waals surface area contributed by atoms with Gasteiger partial charge in [0.15, 0.2) is 5.56 Å². The third-order valence-electron chi connectivity index (χ3n) is 5.61. The Bertz CT molecular complexity index is 935. The van der Waals surface area contributed by atoms with E-state index in [-0.39, 0.29) is 23.4 Å². The third kappa shape index (κ3) is 3.65. The van der Waals surface area contributed by atoms with Gasteiger partial charge in [-0.2, -0.15) is 9.61 Å². The normalized spacial score (nSPS) is 18.1. The standard InChI is InChI=1S/C20H29N5O3/c1-12(2)11-24-18-14(9-13-5-7-21-8-6-13)10-22-25(18)20(28)16(19(24)27)17(26)23-15-3-4-15/h10,12-13,15,21,28H,3-9,11H2,1-2H3,(H,23,26). The first-order valence-electron chi connectivity index (χ1n) is 10.3. The smallest absolute Gasteiger partial charge is 0.270 e. The summed E-state index contributed by atoms with van der Waals surface area (Å²) in [5.74, 6) is -0.140. The van der Waals surface area contributed by atoms with Gasteiger partial charge in [-0.3, -0.25) is 14.2 Å². The largest absolute Gasteiger partial charge is 0.492 e. The number of aromatic hydroxyl groups is 1. The minimum Gasteiger partial charge on any atom is -0.492 e. The van der Waals surface area contributed by atoms with Crippen molar-refractivity contribution in [2.24, 2.45) is 11.8 Å². The van der Waals surface area contributed by atoms with Gasteiger partial charge in [0, 0.05) is 18.2 Å². The number of hydrogen-bond acceptors (Lipinski definition) is 5. The molecule has 8 heteroatoms. The van der Waals surface area contributed by atoms with E-state index in [0.29, 0.717) is 18.1 Å². The molecule has 1 aliphatic heterocycles. The molecule has 0 unspecified atom stereocenters. The average molecular weight is 387 g/mol. The summed E-state index contributed by atoms with van der Waals surface area (Å²) < 4.78 is 2.98. The van der Waals surface area contributed by atoms with E-state index in [2.05, 4.69) is 15.7 Å². The number of piperidine rings is 1. The van der Waals surface area contributed by atoms with Gasteiger partial charge in [0.1, 0.15) is 5.65 Å². The number of hydrogen-bond donors (Lipinski definition) is 3. The molecule has 0 atom stereocenters. The highest BCUT2D eigenvalue weighted by Crippen LogP contribution is 2.25. The molecular weight excluding hydrogens is 358 g/mol. The van der Waals surface area contributed by atoms with Gasteiger partial charge in [0.05, 0.1) is 6.20 Å². The maximum atomic E-state index is 13.2.